The van der Waals surface area contributed by atoms with Gasteiger partial charge >= 0.3 is 0 Å². The van der Waals surface area contributed by atoms with Gasteiger partial charge < -0.3 is 19.8 Å². The Labute approximate surface area is 184 Å². The largest absolute Gasteiger partial charge is 0.497 e. The lowest BCUT2D eigenvalue weighted by atomic mass is 10.0. The highest BCUT2D eigenvalue weighted by molar-refractivity contribution is 6.47. The molecule has 2 aromatic carbocycles. The molecule has 2 heterocycles. The van der Waals surface area contributed by atoms with Gasteiger partial charge in [0.1, 0.15) is 11.4 Å². The van der Waals surface area contributed by atoms with Crippen molar-refractivity contribution in [2.24, 2.45) is 0 Å². The summed E-state index contributed by atoms with van der Waals surface area (Å²) in [4.78, 5) is 37.5. The zero-order valence-corrected chi connectivity index (χ0v) is 17.6. The predicted octanol–water partition coefficient (Wildman–Crippen LogP) is 4.39. The smallest absolute Gasteiger partial charge is 0.298 e. The summed E-state index contributed by atoms with van der Waals surface area (Å²) in [6.07, 6.45) is 1.75. The fourth-order valence-corrected chi connectivity index (χ4v) is 3.52. The number of aromatic nitrogens is 1. The van der Waals surface area contributed by atoms with Crippen molar-refractivity contribution in [1.82, 2.24) is 4.40 Å². The number of benzene rings is 2. The number of hydrogen-bond donors (Lipinski definition) is 2. The molecule has 0 bridgehead atoms. The molecule has 0 atom stereocenters. The summed E-state index contributed by atoms with van der Waals surface area (Å²) in [6.45, 7) is 1.40. The minimum absolute atomic E-state index is 0.228. The number of carbonyl (C=O) groups is 3. The third-order valence-corrected chi connectivity index (χ3v) is 4.94. The summed E-state index contributed by atoms with van der Waals surface area (Å²) >= 11 is 0. The normalized spacial score (nSPS) is 10.6. The molecule has 0 radical (unpaired) electrons. The van der Waals surface area contributed by atoms with E-state index in [2.05, 4.69) is 10.6 Å². The van der Waals surface area contributed by atoms with Gasteiger partial charge in [0, 0.05) is 35.6 Å². The van der Waals surface area contributed by atoms with Crippen LogP contribution in [0.1, 0.15) is 17.4 Å². The number of amides is 2. The van der Waals surface area contributed by atoms with E-state index in [0.717, 1.165) is 11.1 Å². The average Bonchev–Trinajstić information content (AvgIpc) is 3.18. The van der Waals surface area contributed by atoms with Crippen molar-refractivity contribution in [1.29, 1.82) is 0 Å². The molecule has 0 saturated heterocycles. The van der Waals surface area contributed by atoms with Crippen molar-refractivity contribution in [2.45, 2.75) is 6.92 Å². The van der Waals surface area contributed by atoms with Gasteiger partial charge in [-0.25, -0.2) is 0 Å². The Hall–Kier alpha value is -4.39. The molecule has 0 spiro atoms. The summed E-state index contributed by atoms with van der Waals surface area (Å²) in [7, 11) is 1.59. The van der Waals surface area contributed by atoms with Crippen LogP contribution in [0.4, 0.5) is 11.4 Å². The Morgan fingerprint density at radius 2 is 1.56 bits per heavy atom. The number of nitrogens with zero attached hydrogens (tertiary/aromatic N) is 1. The van der Waals surface area contributed by atoms with Gasteiger partial charge in [-0.05, 0) is 54.1 Å². The number of carbonyl (C=O) groups excluding carboxylic acids is 3. The number of fused-ring (bicyclic) bond motifs is 1. The van der Waals surface area contributed by atoms with Gasteiger partial charge in [0.25, 0.3) is 11.7 Å². The van der Waals surface area contributed by atoms with Crippen LogP contribution in [0, 0.1) is 0 Å². The summed E-state index contributed by atoms with van der Waals surface area (Å²) in [5.74, 6) is -0.980. The van der Waals surface area contributed by atoms with E-state index in [-0.39, 0.29) is 11.6 Å². The number of ketones is 1. The Balaban J connectivity index is 1.69. The van der Waals surface area contributed by atoms with Gasteiger partial charge in [-0.3, -0.25) is 14.4 Å². The van der Waals surface area contributed by atoms with Gasteiger partial charge in [-0.15, -0.1) is 0 Å². The van der Waals surface area contributed by atoms with Crippen LogP contribution in [0.2, 0.25) is 0 Å². The van der Waals surface area contributed by atoms with Crippen LogP contribution < -0.4 is 15.4 Å². The number of rotatable bonds is 6. The third-order valence-electron chi connectivity index (χ3n) is 4.94. The first-order valence-electron chi connectivity index (χ1n) is 9.94. The Kier molecular flexibility index (Phi) is 5.72. The van der Waals surface area contributed by atoms with E-state index in [1.165, 1.54) is 6.92 Å². The zero-order chi connectivity index (χ0) is 22.7. The third kappa shape index (κ3) is 4.22. The number of hydrogen-bond acceptors (Lipinski definition) is 4. The van der Waals surface area contributed by atoms with E-state index in [1.54, 1.807) is 60.2 Å². The van der Waals surface area contributed by atoms with Gasteiger partial charge in [-0.2, -0.15) is 0 Å². The standard InChI is InChI=1S/C25H21N3O4/c1-16(29)26-18-6-5-7-19(14-18)27-25(31)24(30)23-22(15-20-8-3-4-13-28(20)23)17-9-11-21(32-2)12-10-17/h3-15H,1-2H3,(H,26,29)(H,27,31). The van der Waals surface area contributed by atoms with E-state index < -0.39 is 11.7 Å². The summed E-state index contributed by atoms with van der Waals surface area (Å²) in [5.41, 5.74) is 3.42. The second-order valence-corrected chi connectivity index (χ2v) is 7.18. The van der Waals surface area contributed by atoms with E-state index in [9.17, 15) is 14.4 Å². The van der Waals surface area contributed by atoms with Crippen LogP contribution in [-0.2, 0) is 9.59 Å². The first kappa shape index (κ1) is 20.9. The van der Waals surface area contributed by atoms with E-state index in [4.69, 9.17) is 4.74 Å². The molecule has 2 N–H and O–H groups in total. The fourth-order valence-electron chi connectivity index (χ4n) is 3.52. The first-order chi connectivity index (χ1) is 15.5. The zero-order valence-electron chi connectivity index (χ0n) is 17.6. The average molecular weight is 427 g/mol. The molecule has 4 rings (SSSR count). The molecule has 0 aliphatic carbocycles. The maximum atomic E-state index is 13.3. The number of methoxy groups -OCH3 is 1. The van der Waals surface area contributed by atoms with Gasteiger partial charge in [0.2, 0.25) is 5.91 Å². The van der Waals surface area contributed by atoms with Crippen LogP contribution in [0.3, 0.4) is 0 Å². The molecule has 4 aromatic rings. The molecular formula is C25H21N3O4. The number of nitrogens with one attached hydrogen (secondary N) is 2. The molecule has 2 aromatic heterocycles. The minimum atomic E-state index is -0.774. The van der Waals surface area contributed by atoms with Crippen molar-refractivity contribution in [2.75, 3.05) is 17.7 Å². The van der Waals surface area contributed by atoms with Gasteiger partial charge in [-0.1, -0.05) is 24.3 Å². The number of pyridine rings is 1. The van der Waals surface area contributed by atoms with Crippen molar-refractivity contribution < 1.29 is 19.1 Å². The monoisotopic (exact) mass is 427 g/mol. The maximum absolute atomic E-state index is 13.3. The Bertz CT molecular complexity index is 1320. The van der Waals surface area contributed by atoms with E-state index in [0.29, 0.717) is 22.7 Å². The van der Waals surface area contributed by atoms with Crippen molar-refractivity contribution in [3.05, 3.63) is 84.7 Å². The van der Waals surface area contributed by atoms with E-state index >= 15 is 0 Å². The van der Waals surface area contributed by atoms with Crippen LogP contribution in [0.15, 0.2) is 79.0 Å². The highest BCUT2D eigenvalue weighted by atomic mass is 16.5. The lowest BCUT2D eigenvalue weighted by Gasteiger charge is -2.09. The molecule has 7 nitrogen and oxygen atoms in total. The predicted molar refractivity (Wildman–Crippen MR) is 123 cm³/mol. The fraction of sp³-hybridized carbons (Fsp3) is 0.0800. The molecule has 7 heteroatoms. The van der Waals surface area contributed by atoms with Crippen molar-refractivity contribution in [3.8, 4) is 16.9 Å². The van der Waals surface area contributed by atoms with Gasteiger partial charge in [0.05, 0.1) is 7.11 Å². The van der Waals surface area contributed by atoms with Gasteiger partial charge in [0.15, 0.2) is 0 Å². The molecular weight excluding hydrogens is 406 g/mol. The van der Waals surface area contributed by atoms with Crippen LogP contribution >= 0.6 is 0 Å². The number of Topliss-reactive ketones (excluding diaryl/α,β-unsaturated/α-hetero) is 1. The van der Waals surface area contributed by atoms with Crippen molar-refractivity contribution >= 4 is 34.5 Å². The molecule has 160 valence electrons. The second kappa shape index (κ2) is 8.77. The van der Waals surface area contributed by atoms with Crippen molar-refractivity contribution in [3.63, 3.8) is 0 Å². The van der Waals surface area contributed by atoms with Crippen LogP contribution in [0.5, 0.6) is 5.75 Å². The quantitative estimate of drug-likeness (QED) is 0.353. The summed E-state index contributed by atoms with van der Waals surface area (Å²) in [5, 5.41) is 5.28. The Morgan fingerprint density at radius 3 is 2.25 bits per heavy atom. The first-order valence-corrected chi connectivity index (χ1v) is 9.94. The summed E-state index contributed by atoms with van der Waals surface area (Å²) < 4.78 is 6.92. The highest BCUT2D eigenvalue weighted by Crippen LogP contribution is 2.30. The molecule has 0 aliphatic rings. The van der Waals surface area contributed by atoms with E-state index in [1.807, 2.05) is 30.3 Å². The summed E-state index contributed by atoms with van der Waals surface area (Å²) in [6, 6.07) is 21.3. The number of ether oxygens (including phenoxy) is 1. The molecule has 0 aliphatic heterocycles. The minimum Gasteiger partial charge on any atom is -0.497 e. The number of anilines is 2. The molecule has 2 amide bonds. The molecule has 0 unspecified atom stereocenters. The van der Waals surface area contributed by atoms with Crippen LogP contribution in [0.25, 0.3) is 16.6 Å². The van der Waals surface area contributed by atoms with Crippen LogP contribution in [-0.4, -0.2) is 29.1 Å². The molecule has 0 fully saturated rings. The SMILES string of the molecule is COc1ccc(-c2cc3ccccn3c2C(=O)C(=O)Nc2cccc(NC(C)=O)c2)cc1. The Morgan fingerprint density at radius 1 is 0.844 bits per heavy atom. The highest BCUT2D eigenvalue weighted by Gasteiger charge is 2.25. The molecule has 32 heavy (non-hydrogen) atoms. The lowest BCUT2D eigenvalue weighted by molar-refractivity contribution is -0.114. The second-order valence-electron chi connectivity index (χ2n) is 7.18. The molecule has 0 saturated carbocycles. The topological polar surface area (TPSA) is 88.9 Å². The lowest BCUT2D eigenvalue weighted by Crippen LogP contribution is -2.24. The maximum Gasteiger partial charge on any atom is 0.298 e.